The number of methoxy groups -OCH3 is 1. The minimum absolute atomic E-state index is 0.0146. The number of aromatic hydroxyl groups is 2. The van der Waals surface area contributed by atoms with Gasteiger partial charge in [-0.15, -0.1) is 0 Å². The fourth-order valence-corrected chi connectivity index (χ4v) is 7.88. The second kappa shape index (κ2) is 13.0. The van der Waals surface area contributed by atoms with Crippen LogP contribution in [0, 0.1) is 5.92 Å². The molecule has 0 spiro atoms. The summed E-state index contributed by atoms with van der Waals surface area (Å²) in [6, 6.07) is 4.39. The highest BCUT2D eigenvalue weighted by Crippen LogP contribution is 2.53. The summed E-state index contributed by atoms with van der Waals surface area (Å²) in [5.74, 6) is -3.48. The Hall–Kier alpha value is -3.96. The molecule has 7 atom stereocenters. The first-order valence-corrected chi connectivity index (χ1v) is 16.8. The van der Waals surface area contributed by atoms with Crippen molar-refractivity contribution in [2.45, 2.75) is 82.5 Å². The normalized spacial score (nSPS) is 30.7. The fourth-order valence-electron chi connectivity index (χ4n) is 7.88. The number of fused-ring (bicyclic) bond motifs is 6. The van der Waals surface area contributed by atoms with Crippen LogP contribution < -0.4 is 10.2 Å². The van der Waals surface area contributed by atoms with Crippen LogP contribution in [0.3, 0.4) is 0 Å². The number of phenolic OH excluding ortho intramolecular Hbond substituents is 2. The number of nitrogens with zero attached hydrogens (tertiary/aromatic N) is 2. The second-order valence-corrected chi connectivity index (χ2v) is 13.7. The van der Waals surface area contributed by atoms with Gasteiger partial charge in [0.25, 0.3) is 0 Å². The van der Waals surface area contributed by atoms with E-state index in [9.17, 15) is 34.8 Å². The number of ketones is 2. The predicted octanol–water partition coefficient (Wildman–Crippen LogP) is 1.30. The topological polar surface area (TPSA) is 206 Å². The van der Waals surface area contributed by atoms with Gasteiger partial charge >= 0.3 is 0 Å². The highest BCUT2D eigenvalue weighted by atomic mass is 16.7. The second-order valence-electron chi connectivity index (χ2n) is 13.7. The van der Waals surface area contributed by atoms with E-state index < -0.39 is 83.1 Å². The molecule has 2 aromatic carbocycles. The maximum atomic E-state index is 14.0. The van der Waals surface area contributed by atoms with E-state index >= 15 is 0 Å². The van der Waals surface area contributed by atoms with Crippen LogP contribution in [0.4, 0.5) is 0 Å². The number of hydrazone groups is 1. The van der Waals surface area contributed by atoms with Gasteiger partial charge in [-0.3, -0.25) is 19.3 Å². The van der Waals surface area contributed by atoms with E-state index in [1.807, 2.05) is 6.92 Å². The molecule has 15 nitrogen and oxygen atoms in total. The number of benzene rings is 2. The van der Waals surface area contributed by atoms with E-state index in [4.69, 9.17) is 23.7 Å². The number of amides is 1. The van der Waals surface area contributed by atoms with Crippen LogP contribution in [0.2, 0.25) is 0 Å². The number of carbonyl (C=O) groups excluding carboxylic acids is 3. The number of aliphatic hydroxyl groups excluding tert-OH is 1. The van der Waals surface area contributed by atoms with E-state index in [1.54, 1.807) is 13.8 Å². The van der Waals surface area contributed by atoms with Crippen LogP contribution in [-0.2, 0) is 30.2 Å². The molecule has 50 heavy (non-hydrogen) atoms. The van der Waals surface area contributed by atoms with Gasteiger partial charge in [-0.1, -0.05) is 26.0 Å². The first-order chi connectivity index (χ1) is 23.9. The lowest BCUT2D eigenvalue weighted by Gasteiger charge is -2.43. The van der Waals surface area contributed by atoms with Gasteiger partial charge in [0.2, 0.25) is 11.7 Å². The average molecular weight is 696 g/mol. The molecule has 5 N–H and O–H groups in total. The van der Waals surface area contributed by atoms with Crippen LogP contribution in [-0.4, -0.2) is 118 Å². The summed E-state index contributed by atoms with van der Waals surface area (Å²) in [6.07, 6.45) is -3.49. The Kier molecular flexibility index (Phi) is 8.95. The Labute approximate surface area is 287 Å². The summed E-state index contributed by atoms with van der Waals surface area (Å²) in [5, 5.41) is 50.4. The van der Waals surface area contributed by atoms with Gasteiger partial charge in [0.1, 0.15) is 35.2 Å². The standard InChI is InChI=1S/C35H41N3O12/c1-15(2)34(44)37-36-22(13-39)35(45)11-18-26(21(12-35)49-24-10-19-33(16(3)48-24)50-23-14-47-9-8-38(19)23)32(43)28-27(30(18)41)29(40)17-6-5-7-20(46-4)25(17)31(28)42/h5-7,15-16,19,21,23-24,33,39,41,43,45H,8-14H2,1-4H3,(H,37,44)/b36-22+/t16-,19-,21-,23+,24-,33+,35-/m0/s1. The lowest BCUT2D eigenvalue weighted by atomic mass is 9.71. The molecule has 0 aromatic heterocycles. The zero-order valence-electron chi connectivity index (χ0n) is 28.2. The summed E-state index contributed by atoms with van der Waals surface area (Å²) in [7, 11) is 1.35. The SMILES string of the molecule is COc1cccc2c1C(=O)c1c(O)c3c(c(O)c1C2=O)C[C@@](O)(/C(CO)=N/NC(=O)C(C)C)C[C@@H]3O[C@H]1C[C@H]2[C@H](O[C@@H]3COCCN32)[C@H](C)O1. The van der Waals surface area contributed by atoms with Gasteiger partial charge in [0.05, 0.1) is 61.5 Å². The van der Waals surface area contributed by atoms with Crippen LogP contribution in [0.1, 0.15) is 82.7 Å². The van der Waals surface area contributed by atoms with Gasteiger partial charge in [-0.05, 0) is 13.0 Å². The first-order valence-electron chi connectivity index (χ1n) is 16.8. The van der Waals surface area contributed by atoms with Crippen molar-refractivity contribution in [2.75, 3.05) is 33.5 Å². The molecule has 0 saturated carbocycles. The Balaban J connectivity index is 1.33. The maximum absolute atomic E-state index is 14.0. The van der Waals surface area contributed by atoms with Gasteiger partial charge in [0.15, 0.2) is 12.1 Å². The third-order valence-electron chi connectivity index (χ3n) is 10.4. The van der Waals surface area contributed by atoms with E-state index in [1.165, 1.54) is 25.3 Å². The number of aliphatic hydroxyl groups is 2. The van der Waals surface area contributed by atoms with Crippen molar-refractivity contribution in [2.24, 2.45) is 11.0 Å². The van der Waals surface area contributed by atoms with E-state index in [-0.39, 0.29) is 58.5 Å². The fraction of sp³-hybridized carbons (Fsp3) is 0.543. The van der Waals surface area contributed by atoms with Gasteiger partial charge in [-0.2, -0.15) is 5.10 Å². The number of hydrogen-bond donors (Lipinski definition) is 5. The van der Waals surface area contributed by atoms with Crippen molar-refractivity contribution >= 4 is 23.2 Å². The third-order valence-corrected chi connectivity index (χ3v) is 10.4. The van der Waals surface area contributed by atoms with Crippen LogP contribution in [0.5, 0.6) is 17.2 Å². The van der Waals surface area contributed by atoms with Gasteiger partial charge in [0, 0.05) is 54.5 Å². The van der Waals surface area contributed by atoms with E-state index in [0.717, 1.165) is 0 Å². The van der Waals surface area contributed by atoms with Crippen molar-refractivity contribution in [3.8, 4) is 17.2 Å². The molecule has 5 aliphatic rings. The Morgan fingerprint density at radius 1 is 1.14 bits per heavy atom. The number of phenols is 2. The van der Waals surface area contributed by atoms with Gasteiger partial charge in [-0.25, -0.2) is 5.43 Å². The summed E-state index contributed by atoms with van der Waals surface area (Å²) in [4.78, 5) is 42.5. The number of morpholine rings is 1. The molecule has 7 rings (SSSR count). The number of nitrogens with one attached hydrogen (secondary N) is 1. The van der Waals surface area contributed by atoms with Crippen LogP contribution in [0.15, 0.2) is 23.3 Å². The summed E-state index contributed by atoms with van der Waals surface area (Å²) < 4.78 is 30.0. The number of ether oxygens (including phenoxy) is 5. The van der Waals surface area contributed by atoms with E-state index in [0.29, 0.717) is 26.2 Å². The highest BCUT2D eigenvalue weighted by molar-refractivity contribution is 6.31. The van der Waals surface area contributed by atoms with E-state index in [2.05, 4.69) is 15.4 Å². The molecule has 1 amide bonds. The van der Waals surface area contributed by atoms with Crippen molar-refractivity contribution in [1.82, 2.24) is 10.3 Å². The Morgan fingerprint density at radius 2 is 1.90 bits per heavy atom. The first kappa shape index (κ1) is 34.5. The Bertz CT molecular complexity index is 1780. The zero-order valence-corrected chi connectivity index (χ0v) is 28.2. The number of hydrogen-bond acceptors (Lipinski definition) is 14. The monoisotopic (exact) mass is 695 g/mol. The maximum Gasteiger partial charge on any atom is 0.242 e. The molecule has 0 radical (unpaired) electrons. The lowest BCUT2D eigenvalue weighted by Crippen LogP contribution is -2.53. The van der Waals surface area contributed by atoms with Crippen molar-refractivity contribution in [1.29, 1.82) is 0 Å². The molecule has 2 aliphatic carbocycles. The molecule has 15 heteroatoms. The molecule has 2 aromatic rings. The Morgan fingerprint density at radius 3 is 2.62 bits per heavy atom. The minimum Gasteiger partial charge on any atom is -0.507 e. The lowest BCUT2D eigenvalue weighted by molar-refractivity contribution is -0.245. The quantitative estimate of drug-likeness (QED) is 0.134. The molecule has 3 fully saturated rings. The molecule has 3 saturated heterocycles. The van der Waals surface area contributed by atoms with Gasteiger partial charge < -0.3 is 44.1 Å². The molecular formula is C35H41N3O12. The predicted molar refractivity (Wildman–Crippen MR) is 173 cm³/mol. The largest absolute Gasteiger partial charge is 0.507 e. The smallest absolute Gasteiger partial charge is 0.242 e. The molecule has 0 unspecified atom stereocenters. The molecule has 268 valence electrons. The highest BCUT2D eigenvalue weighted by Gasteiger charge is 2.53. The molecule has 0 bridgehead atoms. The van der Waals surface area contributed by atoms with Crippen LogP contribution >= 0.6 is 0 Å². The number of carbonyl (C=O) groups is 3. The molecular weight excluding hydrogens is 654 g/mol. The summed E-state index contributed by atoms with van der Waals surface area (Å²) in [5.41, 5.74) is -0.956. The number of rotatable bonds is 7. The van der Waals surface area contributed by atoms with Crippen molar-refractivity contribution in [3.05, 3.63) is 51.6 Å². The third kappa shape index (κ3) is 5.48. The van der Waals surface area contributed by atoms with Crippen LogP contribution in [0.25, 0.3) is 0 Å². The zero-order chi connectivity index (χ0) is 35.6. The molecule has 3 aliphatic heterocycles. The van der Waals surface area contributed by atoms with Crippen molar-refractivity contribution in [3.63, 3.8) is 0 Å². The summed E-state index contributed by atoms with van der Waals surface area (Å²) in [6.45, 7) is 6.00. The summed E-state index contributed by atoms with van der Waals surface area (Å²) >= 11 is 0. The minimum atomic E-state index is -2.05. The average Bonchev–Trinajstić information content (AvgIpc) is 3.47. The molecule has 3 heterocycles. The van der Waals surface area contributed by atoms with Crippen molar-refractivity contribution < 1.29 is 58.5 Å².